The van der Waals surface area contributed by atoms with Gasteiger partial charge in [0.1, 0.15) is 11.5 Å². The second-order valence-electron chi connectivity index (χ2n) is 4.50. The Bertz CT molecular complexity index is 447. The molecule has 0 aliphatic carbocycles. The van der Waals surface area contributed by atoms with Crippen LogP contribution in [0.1, 0.15) is 6.42 Å². The zero-order valence-corrected chi connectivity index (χ0v) is 10.1. The molecule has 6 heteroatoms. The number of ether oxygens (including phenoxy) is 1. The fourth-order valence-corrected chi connectivity index (χ4v) is 2.18. The minimum absolute atomic E-state index is 0.198. The number of hydrogen-bond donors (Lipinski definition) is 0. The quantitative estimate of drug-likeness (QED) is 0.610. The Hall–Kier alpha value is -1.69. The maximum Gasteiger partial charge on any atom is 0.295 e. The number of benzene rings is 1. The Morgan fingerprint density at radius 1 is 1.61 bits per heavy atom. The summed E-state index contributed by atoms with van der Waals surface area (Å²) in [5.74, 6) is -0.220. The molecule has 1 atom stereocenters. The number of hydrogen-bond acceptors (Lipinski definition) is 4. The van der Waals surface area contributed by atoms with Crippen molar-refractivity contribution in [3.05, 3.63) is 34.1 Å². The zero-order valence-electron chi connectivity index (χ0n) is 10.1. The maximum absolute atomic E-state index is 13.0. The molecule has 0 bridgehead atoms. The van der Waals surface area contributed by atoms with Crippen LogP contribution in [0, 0.1) is 21.8 Å². The van der Waals surface area contributed by atoms with Gasteiger partial charge >= 0.3 is 0 Å². The van der Waals surface area contributed by atoms with Gasteiger partial charge in [0.2, 0.25) is 0 Å². The second kappa shape index (κ2) is 5.30. The summed E-state index contributed by atoms with van der Waals surface area (Å²) in [4.78, 5) is 12.1. The fraction of sp³-hybridized carbons (Fsp3) is 0.500. The largest absolute Gasteiger partial charge is 0.381 e. The molecule has 1 aliphatic rings. The van der Waals surface area contributed by atoms with Crippen LogP contribution in [0.2, 0.25) is 0 Å². The highest BCUT2D eigenvalue weighted by Crippen LogP contribution is 2.29. The summed E-state index contributed by atoms with van der Waals surface area (Å²) in [6, 6.07) is 3.64. The van der Waals surface area contributed by atoms with E-state index in [9.17, 15) is 14.5 Å². The topological polar surface area (TPSA) is 55.6 Å². The third-order valence-corrected chi connectivity index (χ3v) is 3.10. The maximum atomic E-state index is 13.0. The molecule has 0 unspecified atom stereocenters. The lowest BCUT2D eigenvalue weighted by atomic mass is 10.1. The first-order valence-electron chi connectivity index (χ1n) is 5.80. The first-order chi connectivity index (χ1) is 8.58. The Labute approximate surface area is 104 Å². The van der Waals surface area contributed by atoms with E-state index in [-0.39, 0.29) is 5.69 Å². The second-order valence-corrected chi connectivity index (χ2v) is 4.50. The standard InChI is InChI=1S/C12H15FN2O3/c1-14(7-9-4-5-18-8-9)11-3-2-10(13)6-12(11)15(16)17/h2-3,6,9H,4-5,7-8H2,1H3/t9-/m1/s1. The van der Waals surface area contributed by atoms with Crippen molar-refractivity contribution in [2.75, 3.05) is 31.7 Å². The summed E-state index contributed by atoms with van der Waals surface area (Å²) in [7, 11) is 1.78. The SMILES string of the molecule is CN(C[C@H]1CCOC1)c1ccc(F)cc1[N+](=O)[O-]. The molecule has 1 aromatic carbocycles. The predicted molar refractivity (Wildman–Crippen MR) is 65.3 cm³/mol. The molecule has 1 saturated heterocycles. The van der Waals surface area contributed by atoms with Gasteiger partial charge in [0.05, 0.1) is 17.6 Å². The number of anilines is 1. The number of rotatable bonds is 4. The van der Waals surface area contributed by atoms with Gasteiger partial charge in [0, 0.05) is 26.1 Å². The van der Waals surface area contributed by atoms with Gasteiger partial charge in [0.25, 0.3) is 5.69 Å². The molecule has 1 heterocycles. The lowest BCUT2D eigenvalue weighted by Gasteiger charge is -2.22. The lowest BCUT2D eigenvalue weighted by molar-refractivity contribution is -0.384. The minimum Gasteiger partial charge on any atom is -0.381 e. The van der Waals surface area contributed by atoms with Crippen molar-refractivity contribution >= 4 is 11.4 Å². The minimum atomic E-state index is -0.594. The number of nitro groups is 1. The van der Waals surface area contributed by atoms with Crippen LogP contribution >= 0.6 is 0 Å². The molecule has 18 heavy (non-hydrogen) atoms. The van der Waals surface area contributed by atoms with Crippen LogP contribution < -0.4 is 4.90 Å². The Kier molecular flexibility index (Phi) is 3.76. The Morgan fingerprint density at radius 3 is 3.00 bits per heavy atom. The molecule has 1 aliphatic heterocycles. The molecule has 0 aromatic heterocycles. The van der Waals surface area contributed by atoms with E-state index in [4.69, 9.17) is 4.74 Å². The van der Waals surface area contributed by atoms with Gasteiger partial charge in [0.15, 0.2) is 0 Å². The van der Waals surface area contributed by atoms with Crippen molar-refractivity contribution in [3.8, 4) is 0 Å². The number of nitro benzene ring substituents is 1. The molecule has 0 saturated carbocycles. The van der Waals surface area contributed by atoms with Crippen LogP contribution in [0.4, 0.5) is 15.8 Å². The zero-order chi connectivity index (χ0) is 13.1. The summed E-state index contributed by atoms with van der Waals surface area (Å²) >= 11 is 0. The number of halogens is 1. The van der Waals surface area contributed by atoms with Gasteiger partial charge in [-0.15, -0.1) is 0 Å². The smallest absolute Gasteiger partial charge is 0.295 e. The fourth-order valence-electron chi connectivity index (χ4n) is 2.18. The van der Waals surface area contributed by atoms with Gasteiger partial charge in [-0.3, -0.25) is 10.1 Å². The lowest BCUT2D eigenvalue weighted by Crippen LogP contribution is -2.26. The average Bonchev–Trinajstić information content (AvgIpc) is 2.81. The van der Waals surface area contributed by atoms with Crippen LogP contribution in [-0.2, 0) is 4.74 Å². The van der Waals surface area contributed by atoms with E-state index in [1.807, 2.05) is 0 Å². The van der Waals surface area contributed by atoms with E-state index in [1.54, 1.807) is 11.9 Å². The molecule has 0 amide bonds. The van der Waals surface area contributed by atoms with E-state index in [1.165, 1.54) is 12.1 Å². The van der Waals surface area contributed by atoms with E-state index in [0.29, 0.717) is 24.8 Å². The van der Waals surface area contributed by atoms with Crippen LogP contribution in [0.25, 0.3) is 0 Å². The van der Waals surface area contributed by atoms with E-state index in [0.717, 1.165) is 19.1 Å². The highest BCUT2D eigenvalue weighted by atomic mass is 19.1. The molecule has 0 spiro atoms. The van der Waals surface area contributed by atoms with Crippen molar-refractivity contribution in [1.82, 2.24) is 0 Å². The summed E-state index contributed by atoms with van der Waals surface area (Å²) in [5, 5.41) is 10.9. The summed E-state index contributed by atoms with van der Waals surface area (Å²) in [6.45, 7) is 2.09. The molecular formula is C12H15FN2O3. The highest BCUT2D eigenvalue weighted by molar-refractivity contribution is 5.62. The van der Waals surface area contributed by atoms with Crippen LogP contribution in [0.5, 0.6) is 0 Å². The van der Waals surface area contributed by atoms with Crippen LogP contribution in [0.15, 0.2) is 18.2 Å². The normalized spacial score (nSPS) is 18.9. The first kappa shape index (κ1) is 12.8. The molecule has 1 aromatic rings. The summed E-state index contributed by atoms with van der Waals surface area (Å²) < 4.78 is 18.3. The third-order valence-electron chi connectivity index (χ3n) is 3.10. The summed E-state index contributed by atoms with van der Waals surface area (Å²) in [5.41, 5.74) is 0.240. The van der Waals surface area contributed by atoms with E-state index < -0.39 is 10.7 Å². The van der Waals surface area contributed by atoms with Crippen molar-refractivity contribution in [3.63, 3.8) is 0 Å². The van der Waals surface area contributed by atoms with Gasteiger partial charge in [-0.25, -0.2) is 4.39 Å². The molecule has 98 valence electrons. The first-order valence-corrected chi connectivity index (χ1v) is 5.80. The van der Waals surface area contributed by atoms with Crippen molar-refractivity contribution in [2.45, 2.75) is 6.42 Å². The highest BCUT2D eigenvalue weighted by Gasteiger charge is 2.22. The summed E-state index contributed by atoms with van der Waals surface area (Å²) in [6.07, 6.45) is 0.958. The van der Waals surface area contributed by atoms with Gasteiger partial charge in [-0.1, -0.05) is 0 Å². The third kappa shape index (κ3) is 2.76. The molecule has 0 radical (unpaired) electrons. The van der Waals surface area contributed by atoms with E-state index in [2.05, 4.69) is 0 Å². The van der Waals surface area contributed by atoms with Gasteiger partial charge in [-0.2, -0.15) is 0 Å². The van der Waals surface area contributed by atoms with Gasteiger partial charge < -0.3 is 9.64 Å². The molecule has 5 nitrogen and oxygen atoms in total. The van der Waals surface area contributed by atoms with Gasteiger partial charge in [-0.05, 0) is 18.6 Å². The van der Waals surface area contributed by atoms with E-state index >= 15 is 0 Å². The molecule has 2 rings (SSSR count). The molecule has 0 N–H and O–H groups in total. The Balaban J connectivity index is 2.17. The van der Waals surface area contributed by atoms with Crippen LogP contribution in [0.3, 0.4) is 0 Å². The molecular weight excluding hydrogens is 239 g/mol. The van der Waals surface area contributed by atoms with Crippen molar-refractivity contribution in [1.29, 1.82) is 0 Å². The Morgan fingerprint density at radius 2 is 2.39 bits per heavy atom. The monoisotopic (exact) mass is 254 g/mol. The average molecular weight is 254 g/mol. The molecule has 1 fully saturated rings. The van der Waals surface area contributed by atoms with Crippen molar-refractivity contribution in [2.24, 2.45) is 5.92 Å². The predicted octanol–water partition coefficient (Wildman–Crippen LogP) is 2.21. The van der Waals surface area contributed by atoms with Crippen LogP contribution in [-0.4, -0.2) is 31.7 Å². The van der Waals surface area contributed by atoms with Crippen molar-refractivity contribution < 1.29 is 14.1 Å². The number of nitrogens with zero attached hydrogens (tertiary/aromatic N) is 2.